The lowest BCUT2D eigenvalue weighted by Gasteiger charge is -2.19. The van der Waals surface area contributed by atoms with Gasteiger partial charge in [-0.15, -0.1) is 0 Å². The topological polar surface area (TPSA) is 64.3 Å². The molecule has 1 aromatic rings. The molecule has 1 N–H and O–H groups in total. The highest BCUT2D eigenvalue weighted by atomic mass is 19.1. The summed E-state index contributed by atoms with van der Waals surface area (Å²) in [4.78, 5) is 13.3. The molecule has 1 fully saturated rings. The fraction of sp³-hybridized carbons (Fsp3) is 0.429. The molecule has 1 saturated heterocycles. The van der Waals surface area contributed by atoms with Crippen LogP contribution in [0, 0.1) is 30.0 Å². The lowest BCUT2D eigenvalue weighted by atomic mass is 10.1. The van der Waals surface area contributed by atoms with Gasteiger partial charge < -0.3 is 10.0 Å². The normalized spacial score (nSPS) is 17.8. The van der Waals surface area contributed by atoms with E-state index < -0.39 is 5.82 Å². The van der Waals surface area contributed by atoms with E-state index in [1.54, 1.807) is 24.0 Å². The fourth-order valence-electron chi connectivity index (χ4n) is 2.17. The molecule has 102 valence electrons. The molecule has 2 rings (SSSR count). The van der Waals surface area contributed by atoms with Crippen LogP contribution in [0.2, 0.25) is 0 Å². The van der Waals surface area contributed by atoms with Crippen molar-refractivity contribution in [3.63, 3.8) is 0 Å². The number of aliphatic hydroxyl groups is 1. The van der Waals surface area contributed by atoms with Crippen molar-refractivity contribution in [2.45, 2.75) is 20.3 Å². The van der Waals surface area contributed by atoms with E-state index in [0.29, 0.717) is 30.1 Å². The van der Waals surface area contributed by atoms with Crippen molar-refractivity contribution in [1.82, 2.24) is 0 Å². The average Bonchev–Trinajstić information content (AvgIpc) is 2.74. The number of nitriles is 1. The van der Waals surface area contributed by atoms with Gasteiger partial charge in [-0.1, -0.05) is 6.92 Å². The number of aliphatic hydroxyl groups excluding tert-OH is 1. The predicted molar refractivity (Wildman–Crippen MR) is 70.1 cm³/mol. The lowest BCUT2D eigenvalue weighted by Crippen LogP contribution is -2.25. The van der Waals surface area contributed by atoms with Gasteiger partial charge in [0.2, 0.25) is 5.91 Å². The number of anilines is 1. The van der Waals surface area contributed by atoms with Crippen LogP contribution in [0.15, 0.2) is 12.1 Å². The number of carbonyl (C=O) groups is 1. The van der Waals surface area contributed by atoms with E-state index in [0.717, 1.165) is 7.11 Å². The fourth-order valence-corrected chi connectivity index (χ4v) is 2.17. The van der Waals surface area contributed by atoms with E-state index in [1.807, 2.05) is 6.92 Å². The smallest absolute Gasteiger partial charge is 0.227 e. The van der Waals surface area contributed by atoms with Crippen LogP contribution in [0.3, 0.4) is 0 Å². The molecule has 0 aliphatic carbocycles. The van der Waals surface area contributed by atoms with Crippen molar-refractivity contribution in [3.8, 4) is 6.07 Å². The van der Waals surface area contributed by atoms with Gasteiger partial charge in [0, 0.05) is 31.3 Å². The maximum absolute atomic E-state index is 13.8. The third-order valence-corrected chi connectivity index (χ3v) is 3.09. The molecule has 1 atom stereocenters. The van der Waals surface area contributed by atoms with Crippen LogP contribution in [0.25, 0.3) is 0 Å². The quantitative estimate of drug-likeness (QED) is 0.843. The second-order valence-electron chi connectivity index (χ2n) is 4.50. The van der Waals surface area contributed by atoms with Gasteiger partial charge in [-0.3, -0.25) is 4.79 Å². The van der Waals surface area contributed by atoms with E-state index in [1.165, 1.54) is 6.07 Å². The molecule has 5 heteroatoms. The van der Waals surface area contributed by atoms with Crippen molar-refractivity contribution in [2.75, 3.05) is 18.6 Å². The molecular formula is C14H17FN2O2. The number of halogens is 1. The minimum absolute atomic E-state index is 0.0182. The number of amides is 1. The monoisotopic (exact) mass is 264 g/mol. The Kier molecular flexibility index (Phi) is 5.02. The summed E-state index contributed by atoms with van der Waals surface area (Å²) in [5.41, 5.74) is 0.966. The summed E-state index contributed by atoms with van der Waals surface area (Å²) in [6.45, 7) is 4.21. The zero-order chi connectivity index (χ0) is 14.6. The summed E-state index contributed by atoms with van der Waals surface area (Å²) < 4.78 is 13.8. The van der Waals surface area contributed by atoms with Gasteiger partial charge in [0.05, 0.1) is 5.56 Å². The van der Waals surface area contributed by atoms with Gasteiger partial charge in [0.25, 0.3) is 0 Å². The second-order valence-corrected chi connectivity index (χ2v) is 4.50. The van der Waals surface area contributed by atoms with Crippen molar-refractivity contribution < 1.29 is 14.3 Å². The van der Waals surface area contributed by atoms with E-state index in [2.05, 4.69) is 0 Å². The summed E-state index contributed by atoms with van der Waals surface area (Å²) in [7, 11) is 1.00. The van der Waals surface area contributed by atoms with E-state index in [9.17, 15) is 9.18 Å². The third kappa shape index (κ3) is 2.91. The maximum Gasteiger partial charge on any atom is 0.227 e. The first kappa shape index (κ1) is 15.1. The molecule has 1 aliphatic rings. The largest absolute Gasteiger partial charge is 0.400 e. The van der Waals surface area contributed by atoms with Crippen molar-refractivity contribution in [3.05, 3.63) is 29.1 Å². The molecule has 1 aliphatic heterocycles. The molecule has 1 amide bonds. The van der Waals surface area contributed by atoms with Gasteiger partial charge in [-0.25, -0.2) is 4.39 Å². The number of carbonyl (C=O) groups excluding carboxylic acids is 1. The molecule has 0 radical (unpaired) electrons. The Labute approximate surface area is 112 Å². The van der Waals surface area contributed by atoms with Crippen LogP contribution in [0.5, 0.6) is 0 Å². The number of hydrogen-bond donors (Lipinski definition) is 1. The van der Waals surface area contributed by atoms with Crippen LogP contribution < -0.4 is 4.90 Å². The van der Waals surface area contributed by atoms with Crippen LogP contribution >= 0.6 is 0 Å². The first-order valence-electron chi connectivity index (χ1n) is 5.99. The minimum atomic E-state index is -0.530. The van der Waals surface area contributed by atoms with Crippen LogP contribution in [-0.4, -0.2) is 24.7 Å². The molecule has 1 aromatic carbocycles. The van der Waals surface area contributed by atoms with Crippen molar-refractivity contribution in [1.29, 1.82) is 5.26 Å². The predicted octanol–water partition coefficient (Wildman–Crippen LogP) is 1.99. The molecule has 0 aromatic heterocycles. The number of hydrogen-bond acceptors (Lipinski definition) is 3. The number of rotatable bonds is 1. The Balaban J connectivity index is 0.000000861. The summed E-state index contributed by atoms with van der Waals surface area (Å²) in [6, 6.07) is 4.87. The van der Waals surface area contributed by atoms with Gasteiger partial charge in [-0.2, -0.15) is 5.26 Å². The maximum atomic E-state index is 13.8. The van der Waals surface area contributed by atoms with Gasteiger partial charge in [0.15, 0.2) is 0 Å². The molecule has 0 bridgehead atoms. The molecular weight excluding hydrogens is 247 g/mol. The van der Waals surface area contributed by atoms with Crippen molar-refractivity contribution >= 4 is 11.6 Å². The Hall–Kier alpha value is -1.93. The third-order valence-electron chi connectivity index (χ3n) is 3.09. The molecule has 1 unspecified atom stereocenters. The highest BCUT2D eigenvalue weighted by Crippen LogP contribution is 2.30. The Morgan fingerprint density at radius 2 is 2.11 bits per heavy atom. The molecule has 0 saturated carbocycles. The molecule has 1 heterocycles. The lowest BCUT2D eigenvalue weighted by molar-refractivity contribution is -0.117. The summed E-state index contributed by atoms with van der Waals surface area (Å²) in [5.74, 6) is -0.220. The Morgan fingerprint density at radius 1 is 1.47 bits per heavy atom. The minimum Gasteiger partial charge on any atom is -0.400 e. The second kappa shape index (κ2) is 6.30. The van der Waals surface area contributed by atoms with E-state index in [4.69, 9.17) is 10.4 Å². The Morgan fingerprint density at radius 3 is 2.58 bits per heavy atom. The summed E-state index contributed by atoms with van der Waals surface area (Å²) >= 11 is 0. The highest BCUT2D eigenvalue weighted by Gasteiger charge is 2.29. The average molecular weight is 264 g/mol. The Bertz CT molecular complexity index is 523. The van der Waals surface area contributed by atoms with E-state index in [-0.39, 0.29) is 11.5 Å². The molecule has 4 nitrogen and oxygen atoms in total. The van der Waals surface area contributed by atoms with Crippen LogP contribution in [0.4, 0.5) is 10.1 Å². The first-order valence-corrected chi connectivity index (χ1v) is 5.99. The first-order chi connectivity index (χ1) is 9.04. The molecule has 19 heavy (non-hydrogen) atoms. The highest BCUT2D eigenvalue weighted by molar-refractivity contribution is 5.96. The van der Waals surface area contributed by atoms with Crippen molar-refractivity contribution in [2.24, 2.45) is 5.92 Å². The zero-order valence-corrected chi connectivity index (χ0v) is 11.3. The van der Waals surface area contributed by atoms with Crippen LogP contribution in [0.1, 0.15) is 24.5 Å². The molecule has 0 spiro atoms. The zero-order valence-electron chi connectivity index (χ0n) is 11.3. The summed E-state index contributed by atoms with van der Waals surface area (Å²) in [6.07, 6.45) is 0.501. The SMILES string of the molecule is CO.Cc1c(N2CC(C)CC2=O)ccc(C#N)c1F. The van der Waals surface area contributed by atoms with Gasteiger partial charge in [-0.05, 0) is 25.0 Å². The van der Waals surface area contributed by atoms with Crippen LogP contribution in [-0.2, 0) is 4.79 Å². The van der Waals surface area contributed by atoms with E-state index >= 15 is 0 Å². The van der Waals surface area contributed by atoms with Gasteiger partial charge in [0.1, 0.15) is 11.9 Å². The van der Waals surface area contributed by atoms with Gasteiger partial charge >= 0.3 is 0 Å². The number of benzene rings is 1. The number of nitrogens with zero attached hydrogens (tertiary/aromatic N) is 2. The summed E-state index contributed by atoms with van der Waals surface area (Å²) in [5, 5.41) is 15.7. The standard InChI is InChI=1S/C13H13FN2O.CH4O/c1-8-5-12(17)16(7-8)11-4-3-10(6-15)13(14)9(11)2;1-2/h3-4,8H,5,7H2,1-2H3;2H,1H3.